The predicted molar refractivity (Wildman–Crippen MR) is 121 cm³/mol. The molecule has 174 valence electrons. The van der Waals surface area contributed by atoms with Gasteiger partial charge in [0, 0.05) is 30.2 Å². The van der Waals surface area contributed by atoms with Crippen LogP contribution in [0.25, 0.3) is 0 Å². The molecular weight excluding hydrogens is 418 g/mol. The molecule has 0 fully saturated rings. The molecule has 32 heavy (non-hydrogen) atoms. The second-order valence-corrected chi connectivity index (χ2v) is 7.06. The lowest BCUT2D eigenvalue weighted by molar-refractivity contribution is -0.386. The first kappa shape index (κ1) is 24.8. The molecule has 0 spiro atoms. The van der Waals surface area contributed by atoms with E-state index in [9.17, 15) is 14.9 Å². The van der Waals surface area contributed by atoms with E-state index in [1.165, 1.54) is 19.4 Å². The lowest BCUT2D eigenvalue weighted by Gasteiger charge is -2.12. The van der Waals surface area contributed by atoms with Crippen LogP contribution in [-0.2, 0) is 6.42 Å². The summed E-state index contributed by atoms with van der Waals surface area (Å²) < 4.78 is 11.0. The van der Waals surface area contributed by atoms with Gasteiger partial charge in [0.05, 0.1) is 30.5 Å². The third kappa shape index (κ3) is 6.77. The number of hydrogen-bond donors (Lipinski definition) is 3. The van der Waals surface area contributed by atoms with Gasteiger partial charge in [-0.3, -0.25) is 19.9 Å². The van der Waals surface area contributed by atoms with Crippen LogP contribution in [0.4, 0.5) is 11.6 Å². The first-order valence-electron chi connectivity index (χ1n) is 10.4. The number of nitrogens with one attached hydrogen (secondary N) is 2. The zero-order valence-corrected chi connectivity index (χ0v) is 18.5. The van der Waals surface area contributed by atoms with E-state index in [2.05, 4.69) is 27.4 Å². The molecule has 0 radical (unpaired) electrons. The minimum Gasteiger partial charge on any atom is -0.493 e. The van der Waals surface area contributed by atoms with Crippen molar-refractivity contribution in [2.45, 2.75) is 46.0 Å². The Morgan fingerprint density at radius 3 is 2.75 bits per heavy atom. The first-order chi connectivity index (χ1) is 15.4. The molecule has 0 aliphatic heterocycles. The molecule has 0 amide bonds. The number of aliphatic hydroxyl groups excluding tert-OH is 1. The van der Waals surface area contributed by atoms with Crippen LogP contribution < -0.4 is 20.5 Å². The number of hydrogen-bond acceptors (Lipinski definition) is 9. The smallest absolute Gasteiger partial charge is 0.315 e. The Hall–Kier alpha value is -3.47. The van der Waals surface area contributed by atoms with E-state index in [1.807, 2.05) is 0 Å². The molecular formula is C21H29N5O6. The van der Waals surface area contributed by atoms with Crippen molar-refractivity contribution in [1.29, 1.82) is 0 Å². The van der Waals surface area contributed by atoms with E-state index in [-0.39, 0.29) is 41.7 Å². The van der Waals surface area contributed by atoms with Crippen molar-refractivity contribution in [2.24, 2.45) is 5.10 Å². The van der Waals surface area contributed by atoms with Crippen LogP contribution in [0.5, 0.6) is 11.5 Å². The standard InChI is InChI=1S/C21H29N5O6/c1-4-5-6-7-10-32-19-17(26(29)30)11-15(12-18(19)31-3)13-22-25-21-23-14(2)16(8-9-27)20(28)24-21/h11-13,27H,4-10H2,1-3H3,(H2,23,24,25,28)/b22-13-. The predicted octanol–water partition coefficient (Wildman–Crippen LogP) is 2.94. The maximum absolute atomic E-state index is 12.1. The minimum absolute atomic E-state index is 0.0835. The molecule has 11 nitrogen and oxygen atoms in total. The molecule has 2 aromatic rings. The SMILES string of the molecule is CCCCCCOc1c(OC)cc(/C=N\Nc2nc(C)c(CCO)c(=O)[nH]2)cc1[N+](=O)[O-]. The van der Waals surface area contributed by atoms with E-state index < -0.39 is 4.92 Å². The monoisotopic (exact) mass is 447 g/mol. The second-order valence-electron chi connectivity index (χ2n) is 7.06. The van der Waals surface area contributed by atoms with Crippen LogP contribution >= 0.6 is 0 Å². The summed E-state index contributed by atoms with van der Waals surface area (Å²) in [7, 11) is 1.41. The largest absolute Gasteiger partial charge is 0.493 e. The van der Waals surface area contributed by atoms with Crippen molar-refractivity contribution in [2.75, 3.05) is 25.7 Å². The molecule has 0 saturated heterocycles. The van der Waals surface area contributed by atoms with Gasteiger partial charge in [0.15, 0.2) is 5.75 Å². The Morgan fingerprint density at radius 2 is 2.12 bits per heavy atom. The number of methoxy groups -OCH3 is 1. The van der Waals surface area contributed by atoms with Gasteiger partial charge >= 0.3 is 5.69 Å². The van der Waals surface area contributed by atoms with Gasteiger partial charge in [-0.15, -0.1) is 0 Å². The number of nitro benzene ring substituents is 1. The molecule has 1 aromatic carbocycles. The summed E-state index contributed by atoms with van der Waals surface area (Å²) in [4.78, 5) is 29.8. The number of aryl methyl sites for hydroxylation is 1. The second kappa shape index (κ2) is 12.4. The number of H-pyrrole nitrogens is 1. The number of benzene rings is 1. The third-order valence-corrected chi connectivity index (χ3v) is 4.69. The number of rotatable bonds is 13. The van der Waals surface area contributed by atoms with Gasteiger partial charge in [0.1, 0.15) is 0 Å². The molecule has 1 aromatic heterocycles. The Kier molecular flexibility index (Phi) is 9.61. The highest BCUT2D eigenvalue weighted by Crippen LogP contribution is 2.38. The number of nitrogens with zero attached hydrogens (tertiary/aromatic N) is 3. The Bertz CT molecular complexity index is 1000. The zero-order valence-electron chi connectivity index (χ0n) is 18.5. The van der Waals surface area contributed by atoms with Gasteiger partial charge in [-0.05, 0) is 19.4 Å². The fourth-order valence-corrected chi connectivity index (χ4v) is 3.06. The summed E-state index contributed by atoms with van der Waals surface area (Å²) in [6.45, 7) is 3.96. The third-order valence-electron chi connectivity index (χ3n) is 4.69. The fraction of sp³-hybridized carbons (Fsp3) is 0.476. The van der Waals surface area contributed by atoms with Crippen molar-refractivity contribution in [1.82, 2.24) is 9.97 Å². The molecule has 1 heterocycles. The number of anilines is 1. The highest BCUT2D eigenvalue weighted by atomic mass is 16.6. The average Bonchev–Trinajstić information content (AvgIpc) is 2.76. The average molecular weight is 447 g/mol. The molecule has 0 aliphatic rings. The summed E-state index contributed by atoms with van der Waals surface area (Å²) >= 11 is 0. The van der Waals surface area contributed by atoms with Crippen molar-refractivity contribution in [3.05, 3.63) is 49.4 Å². The summed E-state index contributed by atoms with van der Waals surface area (Å²) in [5, 5.41) is 24.6. The summed E-state index contributed by atoms with van der Waals surface area (Å²) in [5.74, 6) is 0.422. The van der Waals surface area contributed by atoms with Crippen LogP contribution in [-0.4, -0.2) is 46.5 Å². The molecule has 2 rings (SSSR count). The van der Waals surface area contributed by atoms with Gasteiger partial charge in [-0.1, -0.05) is 26.2 Å². The number of hydrazone groups is 1. The van der Waals surface area contributed by atoms with E-state index in [0.29, 0.717) is 23.4 Å². The van der Waals surface area contributed by atoms with E-state index >= 15 is 0 Å². The van der Waals surface area contributed by atoms with Gasteiger partial charge in [0.25, 0.3) is 5.56 Å². The molecule has 0 aliphatic carbocycles. The zero-order chi connectivity index (χ0) is 23.5. The van der Waals surface area contributed by atoms with Crippen LogP contribution in [0.3, 0.4) is 0 Å². The summed E-state index contributed by atoms with van der Waals surface area (Å²) in [5.41, 5.74) is 3.26. The van der Waals surface area contributed by atoms with Crippen LogP contribution in [0.1, 0.15) is 49.4 Å². The van der Waals surface area contributed by atoms with Crippen molar-refractivity contribution in [3.8, 4) is 11.5 Å². The molecule has 0 saturated carbocycles. The summed E-state index contributed by atoms with van der Waals surface area (Å²) in [6.07, 6.45) is 5.49. The highest BCUT2D eigenvalue weighted by molar-refractivity contribution is 5.83. The Morgan fingerprint density at radius 1 is 1.34 bits per heavy atom. The topological polar surface area (TPSA) is 152 Å². The molecule has 0 atom stereocenters. The van der Waals surface area contributed by atoms with Crippen LogP contribution in [0.15, 0.2) is 22.0 Å². The quantitative estimate of drug-likeness (QED) is 0.183. The van der Waals surface area contributed by atoms with Crippen molar-refractivity contribution < 1.29 is 19.5 Å². The van der Waals surface area contributed by atoms with Crippen molar-refractivity contribution >= 4 is 17.9 Å². The lowest BCUT2D eigenvalue weighted by Crippen LogP contribution is -2.19. The van der Waals surface area contributed by atoms with E-state index in [1.54, 1.807) is 13.0 Å². The summed E-state index contributed by atoms with van der Waals surface area (Å²) in [6, 6.07) is 2.91. The first-order valence-corrected chi connectivity index (χ1v) is 10.4. The Labute approximate surface area is 185 Å². The van der Waals surface area contributed by atoms with Gasteiger partial charge in [-0.2, -0.15) is 5.10 Å². The molecule has 3 N–H and O–H groups in total. The molecule has 11 heteroatoms. The maximum atomic E-state index is 12.1. The van der Waals surface area contributed by atoms with Crippen LogP contribution in [0.2, 0.25) is 0 Å². The van der Waals surface area contributed by atoms with E-state index in [0.717, 1.165) is 25.7 Å². The molecule has 0 bridgehead atoms. The van der Waals surface area contributed by atoms with Crippen molar-refractivity contribution in [3.63, 3.8) is 0 Å². The van der Waals surface area contributed by atoms with E-state index in [4.69, 9.17) is 14.6 Å². The lowest BCUT2D eigenvalue weighted by atomic mass is 10.1. The fourth-order valence-electron chi connectivity index (χ4n) is 3.06. The normalized spacial score (nSPS) is 11.0. The number of nitro groups is 1. The number of aromatic amines is 1. The van der Waals surface area contributed by atoms with Gasteiger partial charge < -0.3 is 14.6 Å². The maximum Gasteiger partial charge on any atom is 0.315 e. The number of aromatic nitrogens is 2. The number of ether oxygens (including phenoxy) is 2. The Balaban J connectivity index is 2.19. The number of unbranched alkanes of at least 4 members (excludes halogenated alkanes) is 3. The number of aliphatic hydroxyl groups is 1. The van der Waals surface area contributed by atoms with Gasteiger partial charge in [-0.25, -0.2) is 10.4 Å². The highest BCUT2D eigenvalue weighted by Gasteiger charge is 2.22. The van der Waals surface area contributed by atoms with Crippen LogP contribution in [0, 0.1) is 17.0 Å². The van der Waals surface area contributed by atoms with Gasteiger partial charge in [0.2, 0.25) is 11.7 Å². The minimum atomic E-state index is -0.531. The molecule has 0 unspecified atom stereocenters.